The summed E-state index contributed by atoms with van der Waals surface area (Å²) < 4.78 is 7.39. The summed E-state index contributed by atoms with van der Waals surface area (Å²) in [6.45, 7) is 2.75. The number of ether oxygens (including phenoxy) is 1. The molecule has 0 bridgehead atoms. The Morgan fingerprint density at radius 2 is 2.27 bits per heavy atom. The molecule has 1 N–H and O–H groups in total. The maximum Gasteiger partial charge on any atom is 0.274 e. The van der Waals surface area contributed by atoms with E-state index >= 15 is 0 Å². The third-order valence-corrected chi connectivity index (χ3v) is 4.26. The number of aryl methyl sites for hydroxylation is 1. The van der Waals surface area contributed by atoms with E-state index in [2.05, 4.69) is 15.3 Å². The molecule has 22 heavy (non-hydrogen) atoms. The second-order valence-corrected chi connectivity index (χ2v) is 5.71. The topological polar surface area (TPSA) is 79.7 Å². The van der Waals surface area contributed by atoms with Gasteiger partial charge in [-0.15, -0.1) is 0 Å². The van der Waals surface area contributed by atoms with E-state index < -0.39 is 0 Å². The van der Waals surface area contributed by atoms with Crippen molar-refractivity contribution in [1.82, 2.24) is 24.9 Å². The van der Waals surface area contributed by atoms with E-state index in [4.69, 9.17) is 4.74 Å². The number of amides is 2. The van der Waals surface area contributed by atoms with Crippen LogP contribution in [-0.4, -0.2) is 83.4 Å². The number of nitrogens with one attached hydrogen (secondary N) is 1. The monoisotopic (exact) mass is 307 g/mol. The highest BCUT2D eigenvalue weighted by molar-refractivity contribution is 5.92. The smallest absolute Gasteiger partial charge is 0.274 e. The number of morpholine rings is 1. The van der Waals surface area contributed by atoms with Crippen molar-refractivity contribution in [3.8, 4) is 0 Å². The van der Waals surface area contributed by atoms with Crippen LogP contribution in [0.5, 0.6) is 0 Å². The first-order chi connectivity index (χ1) is 10.6. The van der Waals surface area contributed by atoms with Crippen molar-refractivity contribution in [2.24, 2.45) is 7.05 Å². The number of rotatable bonds is 3. The molecule has 0 aliphatic carbocycles. The lowest BCUT2D eigenvalue weighted by Gasteiger charge is -2.35. The fraction of sp³-hybridized carbons (Fsp3) is 0.643. The van der Waals surface area contributed by atoms with E-state index in [0.29, 0.717) is 38.5 Å². The minimum Gasteiger partial charge on any atom is -0.373 e. The van der Waals surface area contributed by atoms with Crippen LogP contribution in [0, 0.1) is 0 Å². The van der Waals surface area contributed by atoms with Gasteiger partial charge in [-0.3, -0.25) is 19.2 Å². The van der Waals surface area contributed by atoms with Crippen LogP contribution in [0.2, 0.25) is 0 Å². The summed E-state index contributed by atoms with van der Waals surface area (Å²) in [7, 11) is 3.42. The Kier molecular flexibility index (Phi) is 4.12. The van der Waals surface area contributed by atoms with E-state index in [0.717, 1.165) is 0 Å². The molecule has 8 heteroatoms. The third-order valence-electron chi connectivity index (χ3n) is 4.26. The lowest BCUT2D eigenvalue weighted by atomic mass is 10.1. The van der Waals surface area contributed by atoms with Crippen molar-refractivity contribution in [3.63, 3.8) is 0 Å². The number of nitrogens with zero attached hydrogens (tertiary/aromatic N) is 4. The molecule has 2 saturated heterocycles. The molecule has 2 atom stereocenters. The van der Waals surface area contributed by atoms with E-state index in [1.807, 2.05) is 0 Å². The first-order valence-corrected chi connectivity index (χ1v) is 7.43. The number of likely N-dealkylation sites (N-methyl/N-ethyl adjacent to an activating group) is 1. The van der Waals surface area contributed by atoms with E-state index in [-0.39, 0.29) is 24.0 Å². The molecule has 2 aliphatic rings. The highest BCUT2D eigenvalue weighted by atomic mass is 16.5. The number of hydrogen-bond acceptors (Lipinski definition) is 5. The van der Waals surface area contributed by atoms with Gasteiger partial charge in [0.25, 0.3) is 5.91 Å². The fourth-order valence-corrected chi connectivity index (χ4v) is 3.08. The van der Waals surface area contributed by atoms with Crippen LogP contribution in [0.3, 0.4) is 0 Å². The van der Waals surface area contributed by atoms with Gasteiger partial charge >= 0.3 is 0 Å². The minimum atomic E-state index is -0.0847. The van der Waals surface area contributed by atoms with Gasteiger partial charge in [0.15, 0.2) is 0 Å². The molecule has 2 amide bonds. The summed E-state index contributed by atoms with van der Waals surface area (Å²) in [5, 5.41) is 6.80. The molecule has 2 aliphatic heterocycles. The number of carbonyl (C=O) groups excluding carboxylic acids is 2. The number of aromatic nitrogens is 2. The normalized spacial score (nSPS) is 25.1. The maximum atomic E-state index is 12.5. The summed E-state index contributed by atoms with van der Waals surface area (Å²) in [6.07, 6.45) is 1.72. The van der Waals surface area contributed by atoms with Crippen molar-refractivity contribution < 1.29 is 14.3 Å². The van der Waals surface area contributed by atoms with Gasteiger partial charge in [-0.05, 0) is 6.07 Å². The van der Waals surface area contributed by atoms with Crippen LogP contribution in [0.1, 0.15) is 10.5 Å². The molecule has 0 aromatic carbocycles. The lowest BCUT2D eigenvalue weighted by molar-refractivity contribution is -0.125. The van der Waals surface area contributed by atoms with Gasteiger partial charge in [-0.1, -0.05) is 0 Å². The highest BCUT2D eigenvalue weighted by Gasteiger charge is 2.42. The summed E-state index contributed by atoms with van der Waals surface area (Å²) in [5.74, 6) is -0.103. The average Bonchev–Trinajstić information content (AvgIpc) is 3.13. The van der Waals surface area contributed by atoms with Crippen LogP contribution < -0.4 is 5.32 Å². The Morgan fingerprint density at radius 1 is 1.45 bits per heavy atom. The molecule has 120 valence electrons. The van der Waals surface area contributed by atoms with Crippen molar-refractivity contribution in [3.05, 3.63) is 18.0 Å². The number of hydrogen-bond donors (Lipinski definition) is 1. The zero-order valence-electron chi connectivity index (χ0n) is 12.9. The Labute approximate surface area is 129 Å². The van der Waals surface area contributed by atoms with E-state index in [9.17, 15) is 9.59 Å². The zero-order chi connectivity index (χ0) is 15.7. The molecule has 0 spiro atoms. The second-order valence-electron chi connectivity index (χ2n) is 5.71. The number of likely N-dealkylation sites (tertiary alicyclic amines) is 1. The standard InChI is InChI=1S/C14H21N5O3/c1-15-13(20)9-18-5-6-22-12-8-19(7-11(12)18)14(21)10-3-4-17(2)16-10/h3-4,11-12H,5-9H2,1-2H3,(H,15,20)/t11-,12+/m1/s1. The molecule has 2 fully saturated rings. The quantitative estimate of drug-likeness (QED) is 0.750. The average molecular weight is 307 g/mol. The second kappa shape index (κ2) is 6.05. The molecular weight excluding hydrogens is 286 g/mol. The van der Waals surface area contributed by atoms with Crippen LogP contribution in [-0.2, 0) is 16.6 Å². The summed E-state index contributed by atoms with van der Waals surface area (Å²) in [6, 6.07) is 1.78. The Hall–Kier alpha value is -1.93. The molecule has 8 nitrogen and oxygen atoms in total. The Bertz CT molecular complexity index is 573. The Morgan fingerprint density at radius 3 is 2.95 bits per heavy atom. The molecule has 3 rings (SSSR count). The van der Waals surface area contributed by atoms with Crippen molar-refractivity contribution in [1.29, 1.82) is 0 Å². The summed E-state index contributed by atoms with van der Waals surface area (Å²) >= 11 is 0. The van der Waals surface area contributed by atoms with Crippen LogP contribution in [0.25, 0.3) is 0 Å². The predicted molar refractivity (Wildman–Crippen MR) is 78.3 cm³/mol. The molecule has 3 heterocycles. The fourth-order valence-electron chi connectivity index (χ4n) is 3.08. The largest absolute Gasteiger partial charge is 0.373 e. The maximum absolute atomic E-state index is 12.5. The third kappa shape index (κ3) is 2.84. The predicted octanol–water partition coefficient (Wildman–Crippen LogP) is -1.31. The van der Waals surface area contributed by atoms with Crippen molar-refractivity contribution >= 4 is 11.8 Å². The van der Waals surface area contributed by atoms with Crippen LogP contribution in [0.4, 0.5) is 0 Å². The minimum absolute atomic E-state index is 0.0184. The highest BCUT2D eigenvalue weighted by Crippen LogP contribution is 2.23. The first kappa shape index (κ1) is 15.0. The van der Waals surface area contributed by atoms with Crippen molar-refractivity contribution in [2.45, 2.75) is 12.1 Å². The van der Waals surface area contributed by atoms with Gasteiger partial charge < -0.3 is 15.0 Å². The lowest BCUT2D eigenvalue weighted by Crippen LogP contribution is -2.53. The number of carbonyl (C=O) groups is 2. The van der Waals surface area contributed by atoms with E-state index in [1.54, 1.807) is 35.9 Å². The first-order valence-electron chi connectivity index (χ1n) is 7.43. The van der Waals surface area contributed by atoms with Crippen molar-refractivity contribution in [2.75, 3.05) is 39.8 Å². The Balaban J connectivity index is 1.68. The van der Waals surface area contributed by atoms with Gasteiger partial charge in [0.05, 0.1) is 25.3 Å². The van der Waals surface area contributed by atoms with E-state index in [1.165, 1.54) is 0 Å². The van der Waals surface area contributed by atoms with Gasteiger partial charge in [0.1, 0.15) is 5.69 Å². The molecule has 0 unspecified atom stereocenters. The van der Waals surface area contributed by atoms with Gasteiger partial charge in [0, 0.05) is 39.9 Å². The van der Waals surface area contributed by atoms with Gasteiger partial charge in [-0.25, -0.2) is 0 Å². The molecule has 1 aromatic rings. The van der Waals surface area contributed by atoms with Gasteiger partial charge in [0.2, 0.25) is 5.91 Å². The molecule has 0 radical (unpaired) electrons. The number of fused-ring (bicyclic) bond motifs is 1. The van der Waals surface area contributed by atoms with Crippen LogP contribution in [0.15, 0.2) is 12.3 Å². The van der Waals surface area contributed by atoms with Gasteiger partial charge in [-0.2, -0.15) is 5.10 Å². The SMILES string of the molecule is CNC(=O)CN1CCO[C@H]2CN(C(=O)c3ccn(C)n3)C[C@H]21. The summed E-state index contributed by atoms with van der Waals surface area (Å²) in [5.41, 5.74) is 0.444. The summed E-state index contributed by atoms with van der Waals surface area (Å²) in [4.78, 5) is 28.0. The molecular formula is C14H21N5O3. The van der Waals surface area contributed by atoms with Crippen LogP contribution >= 0.6 is 0 Å². The molecule has 1 aromatic heterocycles. The zero-order valence-corrected chi connectivity index (χ0v) is 12.9. The molecule has 0 saturated carbocycles.